The second-order valence-corrected chi connectivity index (χ2v) is 2.82. The van der Waals surface area contributed by atoms with Crippen LogP contribution in [0.25, 0.3) is 0 Å². The molecule has 2 unspecified atom stereocenters. The number of ether oxygens (including phenoxy) is 1. The third kappa shape index (κ3) is 1.58. The Balaban J connectivity index is 2.60. The van der Waals surface area contributed by atoms with E-state index >= 15 is 0 Å². The first kappa shape index (κ1) is 8.64. The topological polar surface area (TPSA) is 58.6 Å². The molecule has 1 aliphatic rings. The lowest BCUT2D eigenvalue weighted by Crippen LogP contribution is -2.46. The third-order valence-corrected chi connectivity index (χ3v) is 2.07. The summed E-state index contributed by atoms with van der Waals surface area (Å²) in [6, 6.07) is 0. The van der Waals surface area contributed by atoms with Crippen LogP contribution < -0.4 is 5.32 Å². The van der Waals surface area contributed by atoms with Crippen molar-refractivity contribution in [2.75, 3.05) is 20.2 Å². The van der Waals surface area contributed by atoms with E-state index in [9.17, 15) is 9.90 Å². The molecule has 2 N–H and O–H groups in total. The molecule has 11 heavy (non-hydrogen) atoms. The SMILES string of the molecule is COC(C=O)C1(O)CCNC1. The lowest BCUT2D eigenvalue weighted by atomic mass is 9.97. The van der Waals surface area contributed by atoms with Gasteiger partial charge in [-0.3, -0.25) is 0 Å². The Labute approximate surface area is 65.5 Å². The zero-order valence-electron chi connectivity index (χ0n) is 6.54. The molecule has 0 spiro atoms. The summed E-state index contributed by atoms with van der Waals surface area (Å²) in [6.45, 7) is 1.18. The second-order valence-electron chi connectivity index (χ2n) is 2.82. The fraction of sp³-hybridized carbons (Fsp3) is 0.857. The number of nitrogens with one attached hydrogen (secondary N) is 1. The van der Waals surface area contributed by atoms with Gasteiger partial charge in [-0.2, -0.15) is 0 Å². The molecular weight excluding hydrogens is 146 g/mol. The van der Waals surface area contributed by atoms with E-state index in [1.807, 2.05) is 0 Å². The molecule has 1 heterocycles. The van der Waals surface area contributed by atoms with Gasteiger partial charge in [0.2, 0.25) is 0 Å². The molecule has 0 amide bonds. The first-order valence-electron chi connectivity index (χ1n) is 3.64. The quantitative estimate of drug-likeness (QED) is 0.514. The minimum Gasteiger partial charge on any atom is -0.385 e. The van der Waals surface area contributed by atoms with Gasteiger partial charge in [-0.15, -0.1) is 0 Å². The summed E-state index contributed by atoms with van der Waals surface area (Å²) >= 11 is 0. The largest absolute Gasteiger partial charge is 0.385 e. The van der Waals surface area contributed by atoms with Gasteiger partial charge in [-0.1, -0.05) is 0 Å². The highest BCUT2D eigenvalue weighted by atomic mass is 16.5. The van der Waals surface area contributed by atoms with Crippen LogP contribution in [0.1, 0.15) is 6.42 Å². The Hall–Kier alpha value is -0.450. The lowest BCUT2D eigenvalue weighted by Gasteiger charge is -2.26. The van der Waals surface area contributed by atoms with Crippen molar-refractivity contribution in [2.45, 2.75) is 18.1 Å². The van der Waals surface area contributed by atoms with Crippen LogP contribution >= 0.6 is 0 Å². The standard InChI is InChI=1S/C7H13NO3/c1-11-6(4-9)7(10)2-3-8-5-7/h4,6,8,10H,2-3,5H2,1H3. The molecule has 1 rings (SSSR count). The van der Waals surface area contributed by atoms with Crippen LogP contribution in [0, 0.1) is 0 Å². The van der Waals surface area contributed by atoms with E-state index in [0.717, 1.165) is 6.54 Å². The van der Waals surface area contributed by atoms with E-state index in [0.29, 0.717) is 19.3 Å². The van der Waals surface area contributed by atoms with E-state index < -0.39 is 11.7 Å². The first-order valence-corrected chi connectivity index (χ1v) is 3.64. The highest BCUT2D eigenvalue weighted by molar-refractivity contribution is 5.58. The summed E-state index contributed by atoms with van der Waals surface area (Å²) in [5.41, 5.74) is -0.990. The van der Waals surface area contributed by atoms with Gasteiger partial charge in [0.15, 0.2) is 6.29 Å². The molecule has 0 aliphatic carbocycles. The van der Waals surface area contributed by atoms with Crippen LogP contribution in [0.4, 0.5) is 0 Å². The number of carbonyl (C=O) groups excluding carboxylic acids is 1. The van der Waals surface area contributed by atoms with Gasteiger partial charge in [0.25, 0.3) is 0 Å². The van der Waals surface area contributed by atoms with Crippen molar-refractivity contribution < 1.29 is 14.6 Å². The highest BCUT2D eigenvalue weighted by Gasteiger charge is 2.39. The Morgan fingerprint density at radius 2 is 2.55 bits per heavy atom. The molecule has 0 saturated carbocycles. The minimum absolute atomic E-state index is 0.435. The van der Waals surface area contributed by atoms with Gasteiger partial charge in [-0.05, 0) is 13.0 Å². The molecule has 64 valence electrons. The summed E-state index contributed by atoms with van der Waals surface area (Å²) in [6.07, 6.45) is 0.523. The van der Waals surface area contributed by atoms with Crippen molar-refractivity contribution in [3.8, 4) is 0 Å². The normalized spacial score (nSPS) is 33.6. The molecule has 0 aromatic carbocycles. The van der Waals surface area contributed by atoms with Crippen molar-refractivity contribution >= 4 is 6.29 Å². The summed E-state index contributed by atoms with van der Waals surface area (Å²) < 4.78 is 4.83. The predicted molar refractivity (Wildman–Crippen MR) is 39.3 cm³/mol. The fourth-order valence-electron chi connectivity index (χ4n) is 1.34. The molecule has 0 bridgehead atoms. The number of β-amino-alcohol motifs (C(OH)–C–C–N with tert-alkyl or cyclic N) is 1. The molecule has 0 aromatic heterocycles. The van der Waals surface area contributed by atoms with Crippen molar-refractivity contribution in [2.24, 2.45) is 0 Å². The molecule has 1 aliphatic heterocycles. The van der Waals surface area contributed by atoms with Crippen molar-refractivity contribution in [3.63, 3.8) is 0 Å². The minimum atomic E-state index is -0.990. The van der Waals surface area contributed by atoms with Crippen LogP contribution in [0.5, 0.6) is 0 Å². The van der Waals surface area contributed by atoms with Crippen molar-refractivity contribution in [1.82, 2.24) is 5.32 Å². The third-order valence-electron chi connectivity index (χ3n) is 2.07. The number of rotatable bonds is 3. The van der Waals surface area contributed by atoms with Gasteiger partial charge in [-0.25, -0.2) is 0 Å². The maximum absolute atomic E-state index is 10.4. The molecule has 0 radical (unpaired) electrons. The molecule has 2 atom stereocenters. The Morgan fingerprint density at radius 3 is 2.91 bits per heavy atom. The molecule has 1 saturated heterocycles. The predicted octanol–water partition coefficient (Wildman–Crippen LogP) is -1.08. The maximum Gasteiger partial charge on any atom is 0.151 e. The number of aldehydes is 1. The van der Waals surface area contributed by atoms with Gasteiger partial charge >= 0.3 is 0 Å². The summed E-state index contributed by atoms with van der Waals surface area (Å²) in [5, 5.41) is 12.7. The Bertz CT molecular complexity index is 143. The number of methoxy groups -OCH3 is 1. The first-order chi connectivity index (χ1) is 5.23. The number of hydrogen-bond acceptors (Lipinski definition) is 4. The van der Waals surface area contributed by atoms with Gasteiger partial charge in [0.05, 0.1) is 0 Å². The smallest absolute Gasteiger partial charge is 0.151 e. The van der Waals surface area contributed by atoms with Crippen molar-refractivity contribution in [3.05, 3.63) is 0 Å². The van der Waals surface area contributed by atoms with Crippen LogP contribution in [0.15, 0.2) is 0 Å². The van der Waals surface area contributed by atoms with Gasteiger partial charge in [0.1, 0.15) is 11.7 Å². The molecule has 1 fully saturated rings. The average molecular weight is 159 g/mol. The summed E-state index contributed by atoms with van der Waals surface area (Å²) in [5.74, 6) is 0. The maximum atomic E-state index is 10.4. The lowest BCUT2D eigenvalue weighted by molar-refractivity contribution is -0.132. The zero-order chi connectivity index (χ0) is 8.32. The van der Waals surface area contributed by atoms with E-state index in [-0.39, 0.29) is 0 Å². The second kappa shape index (κ2) is 3.30. The van der Waals surface area contributed by atoms with E-state index in [1.54, 1.807) is 0 Å². The molecule has 4 heteroatoms. The number of hydrogen-bond donors (Lipinski definition) is 2. The number of aliphatic hydroxyl groups is 1. The van der Waals surface area contributed by atoms with Crippen LogP contribution in [-0.2, 0) is 9.53 Å². The Morgan fingerprint density at radius 1 is 1.82 bits per heavy atom. The van der Waals surface area contributed by atoms with E-state index in [4.69, 9.17) is 4.74 Å². The van der Waals surface area contributed by atoms with Crippen LogP contribution in [-0.4, -0.2) is 43.3 Å². The fourth-order valence-corrected chi connectivity index (χ4v) is 1.34. The Kier molecular flexibility index (Phi) is 2.59. The molecule has 4 nitrogen and oxygen atoms in total. The molecule has 0 aromatic rings. The summed E-state index contributed by atoms with van der Waals surface area (Å²) in [4.78, 5) is 10.4. The zero-order valence-corrected chi connectivity index (χ0v) is 6.54. The van der Waals surface area contributed by atoms with E-state index in [1.165, 1.54) is 7.11 Å². The van der Waals surface area contributed by atoms with Crippen LogP contribution in [0.3, 0.4) is 0 Å². The van der Waals surface area contributed by atoms with E-state index in [2.05, 4.69) is 5.32 Å². The average Bonchev–Trinajstić information content (AvgIpc) is 2.39. The van der Waals surface area contributed by atoms with Gasteiger partial charge < -0.3 is 20.0 Å². The number of carbonyl (C=O) groups is 1. The highest BCUT2D eigenvalue weighted by Crippen LogP contribution is 2.19. The molecular formula is C7H13NO3. The summed E-state index contributed by atoms with van der Waals surface area (Å²) in [7, 11) is 1.43. The van der Waals surface area contributed by atoms with Gasteiger partial charge in [0, 0.05) is 13.7 Å². The van der Waals surface area contributed by atoms with Crippen LogP contribution in [0.2, 0.25) is 0 Å². The van der Waals surface area contributed by atoms with Crippen molar-refractivity contribution in [1.29, 1.82) is 0 Å². The monoisotopic (exact) mass is 159 g/mol.